The summed E-state index contributed by atoms with van der Waals surface area (Å²) in [6.45, 7) is 7.40. The number of hydrogen-bond donors (Lipinski definition) is 1. The van der Waals surface area contributed by atoms with Crippen molar-refractivity contribution in [2.45, 2.75) is 27.7 Å². The highest BCUT2D eigenvalue weighted by molar-refractivity contribution is 5.82. The number of carboxylic acid groups (broad SMARTS) is 1. The summed E-state index contributed by atoms with van der Waals surface area (Å²) in [6.07, 6.45) is 0. The van der Waals surface area contributed by atoms with Crippen LogP contribution in [0, 0.1) is 19.8 Å². The van der Waals surface area contributed by atoms with E-state index in [4.69, 9.17) is 9.84 Å². The second kappa shape index (κ2) is 7.10. The fourth-order valence-electron chi connectivity index (χ4n) is 2.05. The molecule has 1 amide bonds. The Morgan fingerprint density at radius 3 is 2.43 bits per heavy atom. The largest absolute Gasteiger partial charge is 0.480 e. The number of aromatic nitrogens is 2. The van der Waals surface area contributed by atoms with Gasteiger partial charge in [0.05, 0.1) is 5.69 Å². The van der Waals surface area contributed by atoms with Gasteiger partial charge in [-0.3, -0.25) is 14.3 Å². The third-order valence-corrected chi connectivity index (χ3v) is 3.05. The van der Waals surface area contributed by atoms with Crippen LogP contribution in [-0.4, -0.2) is 51.4 Å². The number of nitrogens with zero attached hydrogens (tertiary/aromatic N) is 3. The summed E-state index contributed by atoms with van der Waals surface area (Å²) < 4.78 is 7.21. The van der Waals surface area contributed by atoms with Gasteiger partial charge < -0.3 is 14.7 Å². The third kappa shape index (κ3) is 4.77. The molecule has 21 heavy (non-hydrogen) atoms. The minimum Gasteiger partial charge on any atom is -0.480 e. The Bertz CT molecular complexity index is 523. The molecule has 0 aromatic carbocycles. The Balaban J connectivity index is 2.70. The second-order valence-corrected chi connectivity index (χ2v) is 5.47. The number of ether oxygens (including phenoxy) is 1. The Morgan fingerprint density at radius 2 is 2.00 bits per heavy atom. The molecule has 0 saturated heterocycles. The molecule has 0 aliphatic carbocycles. The van der Waals surface area contributed by atoms with E-state index in [-0.39, 0.29) is 25.0 Å². The van der Waals surface area contributed by atoms with Crippen LogP contribution < -0.4 is 4.74 Å². The zero-order chi connectivity index (χ0) is 16.2. The van der Waals surface area contributed by atoms with Crippen molar-refractivity contribution in [2.75, 3.05) is 19.7 Å². The molecule has 0 atom stereocenters. The summed E-state index contributed by atoms with van der Waals surface area (Å²) in [7, 11) is 1.80. The Morgan fingerprint density at radius 1 is 1.38 bits per heavy atom. The first kappa shape index (κ1) is 17.0. The molecule has 118 valence electrons. The van der Waals surface area contributed by atoms with Gasteiger partial charge in [-0.1, -0.05) is 13.8 Å². The Kier molecular flexibility index (Phi) is 5.75. The van der Waals surface area contributed by atoms with Crippen LogP contribution in [0.4, 0.5) is 0 Å². The Labute approximate surface area is 124 Å². The third-order valence-electron chi connectivity index (χ3n) is 3.05. The lowest BCUT2D eigenvalue weighted by Crippen LogP contribution is -2.40. The van der Waals surface area contributed by atoms with Crippen LogP contribution in [0.15, 0.2) is 0 Å². The SMILES string of the molecule is Cc1nn(C)c(C)c1OCC(=O)N(CC(=O)O)CC(C)C. The molecular formula is C14H23N3O4. The first-order chi connectivity index (χ1) is 9.72. The minimum atomic E-state index is -1.03. The van der Waals surface area contributed by atoms with E-state index >= 15 is 0 Å². The van der Waals surface area contributed by atoms with E-state index in [0.29, 0.717) is 18.0 Å². The van der Waals surface area contributed by atoms with Crippen molar-refractivity contribution in [1.29, 1.82) is 0 Å². The van der Waals surface area contributed by atoms with Gasteiger partial charge in [0, 0.05) is 13.6 Å². The maximum absolute atomic E-state index is 12.1. The molecular weight excluding hydrogens is 274 g/mol. The molecule has 0 spiro atoms. The van der Waals surface area contributed by atoms with Crippen molar-refractivity contribution in [3.05, 3.63) is 11.4 Å². The number of carbonyl (C=O) groups is 2. The highest BCUT2D eigenvalue weighted by Gasteiger charge is 2.20. The van der Waals surface area contributed by atoms with Crippen LogP contribution in [0.1, 0.15) is 25.2 Å². The maximum Gasteiger partial charge on any atom is 0.323 e. The van der Waals surface area contributed by atoms with Crippen LogP contribution >= 0.6 is 0 Å². The van der Waals surface area contributed by atoms with E-state index in [1.165, 1.54) is 4.90 Å². The van der Waals surface area contributed by atoms with Crippen molar-refractivity contribution >= 4 is 11.9 Å². The molecule has 1 aromatic heterocycles. The van der Waals surface area contributed by atoms with E-state index in [1.54, 1.807) is 18.7 Å². The monoisotopic (exact) mass is 297 g/mol. The highest BCUT2D eigenvalue weighted by Crippen LogP contribution is 2.21. The van der Waals surface area contributed by atoms with Gasteiger partial charge in [0.1, 0.15) is 12.2 Å². The summed E-state index contributed by atoms with van der Waals surface area (Å²) >= 11 is 0. The molecule has 0 fully saturated rings. The Hall–Kier alpha value is -2.05. The lowest BCUT2D eigenvalue weighted by Gasteiger charge is -2.22. The molecule has 0 radical (unpaired) electrons. The molecule has 7 heteroatoms. The zero-order valence-electron chi connectivity index (χ0n) is 13.2. The first-order valence-electron chi connectivity index (χ1n) is 6.85. The van der Waals surface area contributed by atoms with Crippen LogP contribution in [0.3, 0.4) is 0 Å². The standard InChI is InChI=1S/C14H23N3O4/c1-9(2)6-17(7-13(19)20)12(18)8-21-14-10(3)15-16(5)11(14)4/h9H,6-8H2,1-5H3,(H,19,20). The topological polar surface area (TPSA) is 84.7 Å². The number of hydrogen-bond acceptors (Lipinski definition) is 4. The van der Waals surface area contributed by atoms with Crippen molar-refractivity contribution in [3.63, 3.8) is 0 Å². The van der Waals surface area contributed by atoms with E-state index < -0.39 is 5.97 Å². The van der Waals surface area contributed by atoms with E-state index in [0.717, 1.165) is 5.69 Å². The zero-order valence-corrected chi connectivity index (χ0v) is 13.2. The molecule has 0 saturated carbocycles. The quantitative estimate of drug-likeness (QED) is 0.811. The molecule has 0 aliphatic rings. The van der Waals surface area contributed by atoms with Gasteiger partial charge in [0.15, 0.2) is 12.4 Å². The maximum atomic E-state index is 12.1. The van der Waals surface area contributed by atoms with E-state index in [2.05, 4.69) is 5.10 Å². The van der Waals surface area contributed by atoms with Gasteiger partial charge in [0.25, 0.3) is 5.91 Å². The lowest BCUT2D eigenvalue weighted by atomic mass is 10.2. The van der Waals surface area contributed by atoms with Crippen molar-refractivity contribution in [3.8, 4) is 5.75 Å². The average Bonchev–Trinajstić information content (AvgIpc) is 2.59. The molecule has 0 aliphatic heterocycles. The van der Waals surface area contributed by atoms with Crippen LogP contribution in [0.2, 0.25) is 0 Å². The molecule has 0 unspecified atom stereocenters. The van der Waals surface area contributed by atoms with Gasteiger partial charge in [0.2, 0.25) is 0 Å². The van der Waals surface area contributed by atoms with Crippen LogP contribution in [0.5, 0.6) is 5.75 Å². The van der Waals surface area contributed by atoms with Crippen LogP contribution in [0.25, 0.3) is 0 Å². The fourth-order valence-corrected chi connectivity index (χ4v) is 2.05. The van der Waals surface area contributed by atoms with Gasteiger partial charge in [-0.05, 0) is 19.8 Å². The second-order valence-electron chi connectivity index (χ2n) is 5.47. The number of carboxylic acids is 1. The highest BCUT2D eigenvalue weighted by atomic mass is 16.5. The van der Waals surface area contributed by atoms with Gasteiger partial charge in [-0.2, -0.15) is 5.10 Å². The number of aryl methyl sites for hydroxylation is 2. The number of aliphatic carboxylic acids is 1. The van der Waals surface area contributed by atoms with E-state index in [1.807, 2.05) is 20.8 Å². The van der Waals surface area contributed by atoms with Gasteiger partial charge in [-0.15, -0.1) is 0 Å². The molecule has 0 bridgehead atoms. The lowest BCUT2D eigenvalue weighted by molar-refractivity contribution is -0.145. The average molecular weight is 297 g/mol. The van der Waals surface area contributed by atoms with Crippen molar-refractivity contribution < 1.29 is 19.4 Å². The molecule has 1 heterocycles. The number of rotatable bonds is 7. The van der Waals surface area contributed by atoms with Crippen LogP contribution in [-0.2, 0) is 16.6 Å². The summed E-state index contributed by atoms with van der Waals surface area (Å²) in [5, 5.41) is 13.1. The molecule has 1 rings (SSSR count). The minimum absolute atomic E-state index is 0.187. The fraction of sp³-hybridized carbons (Fsp3) is 0.643. The smallest absolute Gasteiger partial charge is 0.323 e. The van der Waals surface area contributed by atoms with Gasteiger partial charge in [-0.25, -0.2) is 0 Å². The molecule has 1 aromatic rings. The summed E-state index contributed by atoms with van der Waals surface area (Å²) in [5.41, 5.74) is 1.53. The number of amides is 1. The summed E-state index contributed by atoms with van der Waals surface area (Å²) in [5.74, 6) is -0.604. The number of carbonyl (C=O) groups excluding carboxylic acids is 1. The first-order valence-corrected chi connectivity index (χ1v) is 6.85. The predicted octanol–water partition coefficient (Wildman–Crippen LogP) is 0.985. The van der Waals surface area contributed by atoms with Crippen molar-refractivity contribution in [2.24, 2.45) is 13.0 Å². The van der Waals surface area contributed by atoms with E-state index in [9.17, 15) is 9.59 Å². The molecule has 1 N–H and O–H groups in total. The molecule has 7 nitrogen and oxygen atoms in total. The van der Waals surface area contributed by atoms with Crippen molar-refractivity contribution in [1.82, 2.24) is 14.7 Å². The van der Waals surface area contributed by atoms with Gasteiger partial charge >= 0.3 is 5.97 Å². The predicted molar refractivity (Wildman–Crippen MR) is 77.2 cm³/mol. The summed E-state index contributed by atoms with van der Waals surface area (Å²) in [4.78, 5) is 24.3. The summed E-state index contributed by atoms with van der Waals surface area (Å²) in [6, 6.07) is 0. The normalized spacial score (nSPS) is 10.8.